The van der Waals surface area contributed by atoms with Crippen molar-refractivity contribution >= 4 is 6.16 Å². The van der Waals surface area contributed by atoms with E-state index >= 15 is 0 Å². The highest BCUT2D eigenvalue weighted by molar-refractivity contribution is 5.85. The summed E-state index contributed by atoms with van der Waals surface area (Å²) in [6.07, 6.45) is -0.934. The Bertz CT molecular complexity index is 1070. The van der Waals surface area contributed by atoms with Crippen molar-refractivity contribution in [1.82, 2.24) is 0 Å². The summed E-state index contributed by atoms with van der Waals surface area (Å²) in [6, 6.07) is 30.3. The Morgan fingerprint density at radius 1 is 0.621 bits per heavy atom. The molecule has 0 aliphatic rings. The van der Waals surface area contributed by atoms with Crippen molar-refractivity contribution in [1.29, 1.82) is 0 Å². The summed E-state index contributed by atoms with van der Waals surface area (Å²) < 4.78 is 24.2. The monoisotopic (exact) mass is 384 g/mol. The highest BCUT2D eigenvalue weighted by atomic mass is 19.1. The van der Waals surface area contributed by atoms with E-state index < -0.39 is 12.0 Å². The van der Waals surface area contributed by atoms with Gasteiger partial charge in [0.05, 0.1) is 0 Å². The van der Waals surface area contributed by atoms with Gasteiger partial charge in [-0.05, 0) is 23.3 Å². The minimum absolute atomic E-state index is 0.0773. The first kappa shape index (κ1) is 18.4. The largest absolute Gasteiger partial charge is 0.519 e. The second-order valence-corrected chi connectivity index (χ2v) is 6.33. The van der Waals surface area contributed by atoms with E-state index in [0.717, 1.165) is 28.3 Å². The molecule has 4 aromatic carbocycles. The minimum Gasteiger partial charge on any atom is -0.395 e. The van der Waals surface area contributed by atoms with E-state index in [4.69, 9.17) is 9.47 Å². The number of halogens is 1. The third-order valence-electron chi connectivity index (χ3n) is 4.37. The highest BCUT2D eigenvalue weighted by Gasteiger charge is 2.18. The maximum Gasteiger partial charge on any atom is 0.519 e. The fourth-order valence-corrected chi connectivity index (χ4v) is 3.07. The van der Waals surface area contributed by atoms with E-state index in [2.05, 4.69) is 0 Å². The number of hydrogen-bond acceptors (Lipinski definition) is 3. The molecule has 0 saturated carbocycles. The van der Waals surface area contributed by atoms with Crippen LogP contribution in [0.2, 0.25) is 0 Å². The molecule has 0 saturated heterocycles. The van der Waals surface area contributed by atoms with E-state index in [1.165, 1.54) is 18.2 Å². The van der Waals surface area contributed by atoms with Crippen LogP contribution in [0, 0.1) is 5.82 Å². The van der Waals surface area contributed by atoms with Gasteiger partial charge in [0, 0.05) is 17.2 Å². The molecule has 4 rings (SSSR count). The summed E-state index contributed by atoms with van der Waals surface area (Å²) in [7, 11) is 0. The molecule has 0 radical (unpaired) electrons. The molecule has 29 heavy (non-hydrogen) atoms. The highest BCUT2D eigenvalue weighted by Crippen LogP contribution is 2.39. The predicted octanol–water partition coefficient (Wildman–Crippen LogP) is 6.74. The summed E-state index contributed by atoms with van der Waals surface area (Å²) in [6.45, 7) is 0. The Morgan fingerprint density at radius 2 is 1.17 bits per heavy atom. The van der Waals surface area contributed by atoms with Crippen molar-refractivity contribution in [3.8, 4) is 33.8 Å². The summed E-state index contributed by atoms with van der Waals surface area (Å²) >= 11 is 0. The summed E-state index contributed by atoms with van der Waals surface area (Å²) in [5.74, 6) is -0.0373. The average molecular weight is 384 g/mol. The van der Waals surface area contributed by atoms with E-state index in [9.17, 15) is 9.18 Å². The van der Waals surface area contributed by atoms with Crippen LogP contribution in [0.1, 0.15) is 0 Å². The van der Waals surface area contributed by atoms with Gasteiger partial charge in [0.1, 0.15) is 17.3 Å². The van der Waals surface area contributed by atoms with Crippen LogP contribution in [0.4, 0.5) is 9.18 Å². The SMILES string of the molecule is O=C(Oc1cccc(F)c1)Oc1c(-c2ccccc2)cccc1-c1ccccc1. The molecule has 0 aliphatic carbocycles. The quantitative estimate of drug-likeness (QED) is 0.289. The van der Waals surface area contributed by atoms with Gasteiger partial charge < -0.3 is 9.47 Å². The van der Waals surface area contributed by atoms with Gasteiger partial charge in [-0.2, -0.15) is 0 Å². The number of ether oxygens (including phenoxy) is 2. The molecule has 4 heteroatoms. The molecule has 142 valence electrons. The molecular formula is C25H17FO3. The van der Waals surface area contributed by atoms with Crippen LogP contribution >= 0.6 is 0 Å². The van der Waals surface area contributed by atoms with Crippen LogP contribution in [0.15, 0.2) is 103 Å². The van der Waals surface area contributed by atoms with E-state index in [-0.39, 0.29) is 5.75 Å². The van der Waals surface area contributed by atoms with Crippen LogP contribution in [0.3, 0.4) is 0 Å². The fourth-order valence-electron chi connectivity index (χ4n) is 3.07. The Balaban J connectivity index is 1.74. The molecule has 0 aromatic heterocycles. The molecule has 0 atom stereocenters. The molecule has 0 fully saturated rings. The van der Waals surface area contributed by atoms with Gasteiger partial charge in [0.2, 0.25) is 0 Å². The second-order valence-electron chi connectivity index (χ2n) is 6.33. The van der Waals surface area contributed by atoms with Gasteiger partial charge in [-0.3, -0.25) is 0 Å². The lowest BCUT2D eigenvalue weighted by Gasteiger charge is -2.15. The molecule has 3 nitrogen and oxygen atoms in total. The van der Waals surface area contributed by atoms with Crippen molar-refractivity contribution in [3.63, 3.8) is 0 Å². The molecule has 0 unspecified atom stereocenters. The zero-order chi connectivity index (χ0) is 20.1. The lowest BCUT2D eigenvalue weighted by Crippen LogP contribution is -2.15. The lowest BCUT2D eigenvalue weighted by molar-refractivity contribution is 0.152. The Hall–Kier alpha value is -3.92. The fraction of sp³-hybridized carbons (Fsp3) is 0. The number of carbonyl (C=O) groups is 1. The Kier molecular flexibility index (Phi) is 5.34. The molecule has 0 bridgehead atoms. The summed E-state index contributed by atoms with van der Waals surface area (Å²) in [5.41, 5.74) is 3.31. The summed E-state index contributed by atoms with van der Waals surface area (Å²) in [5, 5.41) is 0. The number of hydrogen-bond donors (Lipinski definition) is 0. The minimum atomic E-state index is -0.934. The van der Waals surface area contributed by atoms with E-state index in [0.29, 0.717) is 5.75 Å². The van der Waals surface area contributed by atoms with Crippen molar-refractivity contribution in [2.75, 3.05) is 0 Å². The van der Waals surface area contributed by atoms with Gasteiger partial charge in [0.15, 0.2) is 0 Å². The number of carbonyl (C=O) groups excluding carboxylic acids is 1. The maximum atomic E-state index is 13.4. The number of rotatable bonds is 4. The maximum absolute atomic E-state index is 13.4. The van der Waals surface area contributed by atoms with Crippen LogP contribution in [0.25, 0.3) is 22.3 Å². The first-order valence-corrected chi connectivity index (χ1v) is 9.10. The standard InChI is InChI=1S/C25H17FO3/c26-20-13-7-14-21(17-20)28-25(27)29-24-22(18-9-3-1-4-10-18)15-8-16-23(24)19-11-5-2-6-12-19/h1-17H. The van der Waals surface area contributed by atoms with E-state index in [1.807, 2.05) is 78.9 Å². The molecule has 0 heterocycles. The summed E-state index contributed by atoms with van der Waals surface area (Å²) in [4.78, 5) is 12.5. The molecule has 0 N–H and O–H groups in total. The van der Waals surface area contributed by atoms with Crippen molar-refractivity contribution in [2.45, 2.75) is 0 Å². The first-order valence-electron chi connectivity index (χ1n) is 9.10. The van der Waals surface area contributed by atoms with Gasteiger partial charge >= 0.3 is 6.16 Å². The zero-order valence-electron chi connectivity index (χ0n) is 15.4. The van der Waals surface area contributed by atoms with Crippen LogP contribution < -0.4 is 9.47 Å². The molecule has 4 aromatic rings. The smallest absolute Gasteiger partial charge is 0.395 e. The normalized spacial score (nSPS) is 10.4. The lowest BCUT2D eigenvalue weighted by atomic mass is 9.97. The van der Waals surface area contributed by atoms with Crippen molar-refractivity contribution in [3.05, 3.63) is 109 Å². The van der Waals surface area contributed by atoms with Gasteiger partial charge in [-0.15, -0.1) is 0 Å². The first-order chi connectivity index (χ1) is 14.2. The van der Waals surface area contributed by atoms with Crippen LogP contribution in [-0.4, -0.2) is 6.16 Å². The van der Waals surface area contributed by atoms with Crippen LogP contribution in [0.5, 0.6) is 11.5 Å². The molecule has 0 amide bonds. The average Bonchev–Trinajstić information content (AvgIpc) is 2.75. The Morgan fingerprint density at radius 3 is 1.72 bits per heavy atom. The van der Waals surface area contributed by atoms with Crippen LogP contribution in [-0.2, 0) is 0 Å². The molecule has 0 spiro atoms. The van der Waals surface area contributed by atoms with Crippen molar-refractivity contribution < 1.29 is 18.7 Å². The van der Waals surface area contributed by atoms with Gasteiger partial charge in [-0.1, -0.05) is 84.9 Å². The number of para-hydroxylation sites is 1. The predicted molar refractivity (Wildman–Crippen MR) is 110 cm³/mol. The zero-order valence-corrected chi connectivity index (χ0v) is 15.4. The molecular weight excluding hydrogens is 367 g/mol. The second kappa shape index (κ2) is 8.40. The molecule has 0 aliphatic heterocycles. The third-order valence-corrected chi connectivity index (χ3v) is 4.37. The number of benzene rings is 4. The van der Waals surface area contributed by atoms with Gasteiger partial charge in [0.25, 0.3) is 0 Å². The van der Waals surface area contributed by atoms with Gasteiger partial charge in [-0.25, -0.2) is 9.18 Å². The topological polar surface area (TPSA) is 35.5 Å². The Labute approximate surface area is 168 Å². The third kappa shape index (κ3) is 4.33. The van der Waals surface area contributed by atoms with Crippen molar-refractivity contribution in [2.24, 2.45) is 0 Å². The van der Waals surface area contributed by atoms with E-state index in [1.54, 1.807) is 0 Å².